The van der Waals surface area contributed by atoms with Crippen LogP contribution in [0, 0.1) is 5.82 Å². The molecule has 0 spiro atoms. The molecule has 0 fully saturated rings. The number of benzene rings is 3. The van der Waals surface area contributed by atoms with Crippen LogP contribution in [-0.4, -0.2) is 20.4 Å². The maximum absolute atomic E-state index is 13.2. The van der Waals surface area contributed by atoms with Gasteiger partial charge in [-0.25, -0.2) is 12.8 Å². The number of nitrogens with one attached hydrogen (secondary N) is 2. The number of carbonyl (C=O) groups is 1. The van der Waals surface area contributed by atoms with Crippen molar-refractivity contribution in [3.63, 3.8) is 0 Å². The Morgan fingerprint density at radius 3 is 2.23 bits per heavy atom. The molecule has 0 aliphatic carbocycles. The number of carbonyl (C=O) groups excluding carboxylic acids is 1. The Kier molecular flexibility index (Phi) is 6.97. The van der Waals surface area contributed by atoms with Crippen molar-refractivity contribution in [2.75, 3.05) is 5.32 Å². The summed E-state index contributed by atoms with van der Waals surface area (Å²) in [6.07, 6.45) is 0.891. The molecule has 0 aromatic heterocycles. The SMILES string of the molecule is CCc1ccccc1NC(=O)[C@H](Cc1ccccc1)NS(=O)(=O)c1ccc(F)cc1. The summed E-state index contributed by atoms with van der Waals surface area (Å²) in [5, 5.41) is 2.84. The number of hydrogen-bond acceptors (Lipinski definition) is 3. The summed E-state index contributed by atoms with van der Waals surface area (Å²) < 4.78 is 41.3. The fraction of sp³-hybridized carbons (Fsp3) is 0.174. The number of halogens is 1. The highest BCUT2D eigenvalue weighted by atomic mass is 32.2. The first-order valence-corrected chi connectivity index (χ1v) is 11.1. The second-order valence-electron chi connectivity index (χ2n) is 6.82. The zero-order valence-electron chi connectivity index (χ0n) is 16.5. The molecule has 156 valence electrons. The number of rotatable bonds is 8. The van der Waals surface area contributed by atoms with Gasteiger partial charge in [-0.05, 0) is 54.3 Å². The monoisotopic (exact) mass is 426 g/mol. The standard InChI is InChI=1S/C23H23FN2O3S/c1-2-18-10-6-7-11-21(18)25-23(27)22(16-17-8-4-3-5-9-17)26-30(28,29)20-14-12-19(24)13-15-20/h3-15,22,26H,2,16H2,1H3,(H,25,27)/t22-/m0/s1. The maximum Gasteiger partial charge on any atom is 0.242 e. The highest BCUT2D eigenvalue weighted by Gasteiger charge is 2.26. The molecule has 3 rings (SSSR count). The van der Waals surface area contributed by atoms with E-state index >= 15 is 0 Å². The van der Waals surface area contributed by atoms with E-state index in [1.165, 1.54) is 12.1 Å². The van der Waals surface area contributed by atoms with Gasteiger partial charge in [0.15, 0.2) is 0 Å². The van der Waals surface area contributed by atoms with Crippen LogP contribution in [0.2, 0.25) is 0 Å². The number of amides is 1. The van der Waals surface area contributed by atoms with E-state index in [-0.39, 0.29) is 11.3 Å². The van der Waals surface area contributed by atoms with Crippen molar-refractivity contribution in [3.8, 4) is 0 Å². The van der Waals surface area contributed by atoms with E-state index in [4.69, 9.17) is 0 Å². The minimum Gasteiger partial charge on any atom is -0.324 e. The Hall–Kier alpha value is -3.03. The van der Waals surface area contributed by atoms with Crippen molar-refractivity contribution in [1.82, 2.24) is 4.72 Å². The largest absolute Gasteiger partial charge is 0.324 e. The van der Waals surface area contributed by atoms with Gasteiger partial charge in [0.1, 0.15) is 11.9 Å². The van der Waals surface area contributed by atoms with Crippen LogP contribution in [-0.2, 0) is 27.7 Å². The second kappa shape index (κ2) is 9.65. The van der Waals surface area contributed by atoms with Crippen LogP contribution >= 0.6 is 0 Å². The number of para-hydroxylation sites is 1. The van der Waals surface area contributed by atoms with Gasteiger partial charge in [0.2, 0.25) is 15.9 Å². The Labute approximate surface area is 176 Å². The van der Waals surface area contributed by atoms with E-state index in [0.29, 0.717) is 5.69 Å². The third-order valence-corrected chi connectivity index (χ3v) is 6.16. The predicted molar refractivity (Wildman–Crippen MR) is 115 cm³/mol. The molecule has 0 unspecified atom stereocenters. The third-order valence-electron chi connectivity index (χ3n) is 4.68. The summed E-state index contributed by atoms with van der Waals surface area (Å²) in [5.41, 5.74) is 2.40. The lowest BCUT2D eigenvalue weighted by Crippen LogP contribution is -2.45. The molecule has 0 saturated carbocycles. The summed E-state index contributed by atoms with van der Waals surface area (Å²) in [7, 11) is -4.03. The topological polar surface area (TPSA) is 75.3 Å². The molecule has 1 atom stereocenters. The lowest BCUT2D eigenvalue weighted by Gasteiger charge is -2.20. The minimum atomic E-state index is -4.03. The van der Waals surface area contributed by atoms with Crippen molar-refractivity contribution in [3.05, 3.63) is 95.8 Å². The summed E-state index contributed by atoms with van der Waals surface area (Å²) in [5.74, 6) is -1.01. The van der Waals surface area contributed by atoms with Crippen LogP contribution in [0.3, 0.4) is 0 Å². The van der Waals surface area contributed by atoms with Crippen LogP contribution in [0.1, 0.15) is 18.1 Å². The molecule has 5 nitrogen and oxygen atoms in total. The molecular weight excluding hydrogens is 403 g/mol. The molecule has 7 heteroatoms. The van der Waals surface area contributed by atoms with Crippen LogP contribution in [0.4, 0.5) is 10.1 Å². The first-order chi connectivity index (χ1) is 14.4. The van der Waals surface area contributed by atoms with Crippen molar-refractivity contribution in [2.45, 2.75) is 30.7 Å². The average Bonchev–Trinajstić information content (AvgIpc) is 2.74. The van der Waals surface area contributed by atoms with Gasteiger partial charge in [-0.2, -0.15) is 4.72 Å². The highest BCUT2D eigenvalue weighted by Crippen LogP contribution is 2.17. The molecule has 3 aromatic carbocycles. The Balaban J connectivity index is 1.88. The molecule has 0 saturated heterocycles. The van der Waals surface area contributed by atoms with E-state index in [0.717, 1.165) is 29.7 Å². The number of anilines is 1. The van der Waals surface area contributed by atoms with Crippen molar-refractivity contribution >= 4 is 21.6 Å². The number of aryl methyl sites for hydroxylation is 1. The van der Waals surface area contributed by atoms with Crippen molar-refractivity contribution in [1.29, 1.82) is 0 Å². The zero-order valence-corrected chi connectivity index (χ0v) is 17.3. The van der Waals surface area contributed by atoms with Gasteiger partial charge in [-0.15, -0.1) is 0 Å². The summed E-state index contributed by atoms with van der Waals surface area (Å²) in [6.45, 7) is 1.98. The minimum absolute atomic E-state index is 0.108. The molecule has 0 aliphatic rings. The molecule has 3 aromatic rings. The summed E-state index contributed by atoms with van der Waals surface area (Å²) in [4.78, 5) is 12.9. The average molecular weight is 427 g/mol. The molecule has 0 radical (unpaired) electrons. The Bertz CT molecular complexity index is 1100. The normalized spacial score (nSPS) is 12.3. The first-order valence-electron chi connectivity index (χ1n) is 9.59. The molecule has 2 N–H and O–H groups in total. The molecule has 0 bridgehead atoms. The lowest BCUT2D eigenvalue weighted by atomic mass is 10.1. The number of hydrogen-bond donors (Lipinski definition) is 2. The van der Waals surface area contributed by atoms with Gasteiger partial charge in [0, 0.05) is 5.69 Å². The highest BCUT2D eigenvalue weighted by molar-refractivity contribution is 7.89. The van der Waals surface area contributed by atoms with Crippen LogP contribution in [0.15, 0.2) is 83.8 Å². The summed E-state index contributed by atoms with van der Waals surface area (Å²) >= 11 is 0. The Morgan fingerprint density at radius 1 is 0.933 bits per heavy atom. The number of sulfonamides is 1. The lowest BCUT2D eigenvalue weighted by molar-refractivity contribution is -0.117. The van der Waals surface area contributed by atoms with E-state index in [1.807, 2.05) is 55.5 Å². The van der Waals surface area contributed by atoms with E-state index in [9.17, 15) is 17.6 Å². The fourth-order valence-electron chi connectivity index (χ4n) is 3.08. The van der Waals surface area contributed by atoms with Gasteiger partial charge in [-0.3, -0.25) is 4.79 Å². The van der Waals surface area contributed by atoms with E-state index in [1.54, 1.807) is 6.07 Å². The van der Waals surface area contributed by atoms with Crippen LogP contribution in [0.5, 0.6) is 0 Å². The zero-order chi connectivity index (χ0) is 21.6. The maximum atomic E-state index is 13.2. The predicted octanol–water partition coefficient (Wildman–Crippen LogP) is 3.92. The Morgan fingerprint density at radius 2 is 1.57 bits per heavy atom. The quantitative estimate of drug-likeness (QED) is 0.573. The van der Waals surface area contributed by atoms with Gasteiger partial charge in [-0.1, -0.05) is 55.5 Å². The van der Waals surface area contributed by atoms with Crippen molar-refractivity contribution in [2.24, 2.45) is 0 Å². The second-order valence-corrected chi connectivity index (χ2v) is 8.53. The van der Waals surface area contributed by atoms with Crippen molar-refractivity contribution < 1.29 is 17.6 Å². The van der Waals surface area contributed by atoms with Gasteiger partial charge in [0.25, 0.3) is 0 Å². The fourth-order valence-corrected chi connectivity index (χ4v) is 4.27. The molecule has 30 heavy (non-hydrogen) atoms. The summed E-state index contributed by atoms with van der Waals surface area (Å²) in [6, 6.07) is 20.0. The molecule has 1 amide bonds. The van der Waals surface area contributed by atoms with Gasteiger partial charge >= 0.3 is 0 Å². The van der Waals surface area contributed by atoms with E-state index < -0.39 is 27.8 Å². The van der Waals surface area contributed by atoms with Gasteiger partial charge < -0.3 is 5.32 Å². The van der Waals surface area contributed by atoms with Crippen LogP contribution in [0.25, 0.3) is 0 Å². The smallest absolute Gasteiger partial charge is 0.242 e. The van der Waals surface area contributed by atoms with Gasteiger partial charge in [0.05, 0.1) is 4.90 Å². The molecule has 0 heterocycles. The van der Waals surface area contributed by atoms with E-state index in [2.05, 4.69) is 10.0 Å². The van der Waals surface area contributed by atoms with Crippen LogP contribution < -0.4 is 10.0 Å². The first kappa shape index (κ1) is 21.7. The molecule has 0 aliphatic heterocycles. The molecular formula is C23H23FN2O3S. The third kappa shape index (κ3) is 5.52.